The highest BCUT2D eigenvalue weighted by Gasteiger charge is 2.33. The minimum atomic E-state index is -0.831. The summed E-state index contributed by atoms with van der Waals surface area (Å²) in [7, 11) is 3.80. The van der Waals surface area contributed by atoms with Gasteiger partial charge in [0.25, 0.3) is 0 Å². The average Bonchev–Trinajstić information content (AvgIpc) is 3.43. The van der Waals surface area contributed by atoms with Crippen LogP contribution < -0.4 is 10.6 Å². The molecular weight excluding hydrogens is 446 g/mol. The number of alkyl carbamates (subject to hydrolysis) is 1. The second kappa shape index (κ2) is 10.9. The summed E-state index contributed by atoms with van der Waals surface area (Å²) in [4.78, 5) is 38.9. The van der Waals surface area contributed by atoms with Gasteiger partial charge >= 0.3 is 12.1 Å². The standard InChI is InChI=1S/C27H33N3O5/c1-30(2)14-13-24(25(31)28-18-12-11-17(15-18)26(32)33)29-27(34)35-16-23-21-9-5-3-7-19(21)20-8-4-6-10-22(20)23/h3-10,17-18,23-24H,11-16H2,1-2H3,(H,28,31)(H,29,34)(H,32,33)/t17-,18+,24?/m1/s1. The molecule has 8 nitrogen and oxygen atoms in total. The highest BCUT2D eigenvalue weighted by molar-refractivity contribution is 5.86. The van der Waals surface area contributed by atoms with Gasteiger partial charge in [0.15, 0.2) is 0 Å². The van der Waals surface area contributed by atoms with Crippen molar-refractivity contribution in [3.8, 4) is 11.1 Å². The Bertz CT molecular complexity index is 1040. The Hall–Kier alpha value is -3.39. The largest absolute Gasteiger partial charge is 0.481 e. The number of fused-ring (bicyclic) bond motifs is 3. The predicted octanol–water partition coefficient (Wildman–Crippen LogP) is 3.21. The van der Waals surface area contributed by atoms with Crippen molar-refractivity contribution in [2.45, 2.75) is 43.7 Å². The molecule has 3 atom stereocenters. The van der Waals surface area contributed by atoms with E-state index in [-0.39, 0.29) is 24.5 Å². The number of nitrogens with one attached hydrogen (secondary N) is 2. The van der Waals surface area contributed by atoms with E-state index in [4.69, 9.17) is 4.74 Å². The van der Waals surface area contributed by atoms with Crippen LogP contribution in [-0.4, -0.2) is 67.3 Å². The van der Waals surface area contributed by atoms with Crippen LogP contribution in [0.25, 0.3) is 11.1 Å². The number of benzene rings is 2. The number of amides is 2. The first-order valence-corrected chi connectivity index (χ1v) is 12.1. The fourth-order valence-corrected chi connectivity index (χ4v) is 5.08. The molecule has 2 aromatic rings. The van der Waals surface area contributed by atoms with Crippen molar-refractivity contribution in [1.82, 2.24) is 15.5 Å². The van der Waals surface area contributed by atoms with Crippen LogP contribution >= 0.6 is 0 Å². The summed E-state index contributed by atoms with van der Waals surface area (Å²) >= 11 is 0. The van der Waals surface area contributed by atoms with E-state index in [1.807, 2.05) is 43.3 Å². The van der Waals surface area contributed by atoms with Crippen molar-refractivity contribution >= 4 is 18.0 Å². The molecule has 1 saturated carbocycles. The monoisotopic (exact) mass is 479 g/mol. The zero-order valence-electron chi connectivity index (χ0n) is 20.2. The molecule has 0 saturated heterocycles. The van der Waals surface area contributed by atoms with Crippen LogP contribution in [0.2, 0.25) is 0 Å². The molecule has 0 aromatic heterocycles. The second-order valence-electron chi connectivity index (χ2n) is 9.67. The third-order valence-electron chi connectivity index (χ3n) is 6.95. The van der Waals surface area contributed by atoms with Crippen molar-refractivity contribution < 1.29 is 24.2 Å². The summed E-state index contributed by atoms with van der Waals surface area (Å²) in [6.07, 6.45) is 1.35. The molecule has 2 aliphatic rings. The second-order valence-corrected chi connectivity index (χ2v) is 9.67. The highest BCUT2D eigenvalue weighted by Crippen LogP contribution is 2.44. The Balaban J connectivity index is 1.37. The van der Waals surface area contributed by atoms with Crippen LogP contribution in [0.15, 0.2) is 48.5 Å². The maximum Gasteiger partial charge on any atom is 0.407 e. The van der Waals surface area contributed by atoms with Gasteiger partial charge in [-0.05, 0) is 68.6 Å². The van der Waals surface area contributed by atoms with Crippen LogP contribution in [0, 0.1) is 5.92 Å². The molecule has 2 aromatic carbocycles. The van der Waals surface area contributed by atoms with Crippen LogP contribution in [0.1, 0.15) is 42.7 Å². The third-order valence-corrected chi connectivity index (χ3v) is 6.95. The van der Waals surface area contributed by atoms with Crippen molar-refractivity contribution in [2.24, 2.45) is 5.92 Å². The van der Waals surface area contributed by atoms with Gasteiger partial charge in [-0.3, -0.25) is 9.59 Å². The van der Waals surface area contributed by atoms with E-state index in [0.29, 0.717) is 32.2 Å². The number of carboxylic acid groups (broad SMARTS) is 1. The summed E-state index contributed by atoms with van der Waals surface area (Å²) in [5, 5.41) is 14.9. The summed E-state index contributed by atoms with van der Waals surface area (Å²) in [6, 6.07) is 15.3. The molecule has 0 aliphatic heterocycles. The van der Waals surface area contributed by atoms with Crippen molar-refractivity contribution in [3.63, 3.8) is 0 Å². The Morgan fingerprint density at radius 2 is 1.66 bits per heavy atom. The van der Waals surface area contributed by atoms with E-state index >= 15 is 0 Å². The first-order chi connectivity index (χ1) is 16.8. The van der Waals surface area contributed by atoms with E-state index in [2.05, 4.69) is 34.9 Å². The zero-order valence-corrected chi connectivity index (χ0v) is 20.2. The molecule has 1 unspecified atom stereocenters. The Morgan fingerprint density at radius 1 is 1.03 bits per heavy atom. The summed E-state index contributed by atoms with van der Waals surface area (Å²) < 4.78 is 5.62. The van der Waals surface area contributed by atoms with Crippen molar-refractivity contribution in [2.75, 3.05) is 27.2 Å². The molecule has 4 rings (SSSR count). The molecule has 8 heteroatoms. The van der Waals surface area contributed by atoms with Gasteiger partial charge in [0.2, 0.25) is 5.91 Å². The number of ether oxygens (including phenoxy) is 1. The Morgan fingerprint density at radius 3 is 2.23 bits per heavy atom. The quantitative estimate of drug-likeness (QED) is 0.510. The van der Waals surface area contributed by atoms with Gasteiger partial charge in [-0.15, -0.1) is 0 Å². The highest BCUT2D eigenvalue weighted by atomic mass is 16.5. The predicted molar refractivity (Wildman–Crippen MR) is 132 cm³/mol. The number of hydrogen-bond donors (Lipinski definition) is 3. The fourth-order valence-electron chi connectivity index (χ4n) is 5.08. The zero-order chi connectivity index (χ0) is 24.9. The summed E-state index contributed by atoms with van der Waals surface area (Å²) in [6.45, 7) is 0.773. The number of carboxylic acids is 1. The maximum absolute atomic E-state index is 13.0. The van der Waals surface area contributed by atoms with Gasteiger partial charge in [-0.2, -0.15) is 0 Å². The molecule has 35 heavy (non-hydrogen) atoms. The molecular formula is C27H33N3O5. The minimum Gasteiger partial charge on any atom is -0.481 e. The van der Waals surface area contributed by atoms with Gasteiger partial charge in [-0.25, -0.2) is 4.79 Å². The molecule has 2 amide bonds. The van der Waals surface area contributed by atoms with Gasteiger partial charge in [0.05, 0.1) is 5.92 Å². The van der Waals surface area contributed by atoms with E-state index < -0.39 is 24.0 Å². The summed E-state index contributed by atoms with van der Waals surface area (Å²) in [5.41, 5.74) is 4.54. The Kier molecular flexibility index (Phi) is 7.70. The van der Waals surface area contributed by atoms with E-state index in [9.17, 15) is 19.5 Å². The topological polar surface area (TPSA) is 108 Å². The molecule has 2 aliphatic carbocycles. The average molecular weight is 480 g/mol. The normalized spacial score (nSPS) is 19.6. The van der Waals surface area contributed by atoms with Crippen LogP contribution in [0.3, 0.4) is 0 Å². The Labute approximate surface area is 205 Å². The maximum atomic E-state index is 13.0. The number of carbonyl (C=O) groups is 3. The lowest BCUT2D eigenvalue weighted by molar-refractivity contribution is -0.141. The molecule has 0 heterocycles. The third kappa shape index (κ3) is 5.82. The van der Waals surface area contributed by atoms with Crippen molar-refractivity contribution in [3.05, 3.63) is 59.7 Å². The van der Waals surface area contributed by atoms with Crippen LogP contribution in [-0.2, 0) is 14.3 Å². The van der Waals surface area contributed by atoms with Crippen LogP contribution in [0.5, 0.6) is 0 Å². The fraction of sp³-hybridized carbons (Fsp3) is 0.444. The summed E-state index contributed by atoms with van der Waals surface area (Å²) in [5.74, 6) is -1.64. The molecule has 3 N–H and O–H groups in total. The minimum absolute atomic E-state index is 0.0614. The van der Waals surface area contributed by atoms with Gasteiger partial charge in [-0.1, -0.05) is 48.5 Å². The number of aliphatic carboxylic acids is 1. The van der Waals surface area contributed by atoms with E-state index in [1.54, 1.807) is 0 Å². The van der Waals surface area contributed by atoms with E-state index in [1.165, 1.54) is 0 Å². The van der Waals surface area contributed by atoms with Crippen LogP contribution in [0.4, 0.5) is 4.79 Å². The number of hydrogen-bond acceptors (Lipinski definition) is 5. The number of rotatable bonds is 9. The smallest absolute Gasteiger partial charge is 0.407 e. The molecule has 186 valence electrons. The van der Waals surface area contributed by atoms with Gasteiger partial charge < -0.3 is 25.4 Å². The molecule has 0 radical (unpaired) electrons. The number of carbonyl (C=O) groups excluding carboxylic acids is 2. The first kappa shape index (κ1) is 24.7. The SMILES string of the molecule is CN(C)CCC(NC(=O)OCC1c2ccccc2-c2ccccc21)C(=O)N[C@H]1CC[C@@H](C(=O)O)C1. The lowest BCUT2D eigenvalue weighted by Gasteiger charge is -2.23. The molecule has 0 bridgehead atoms. The molecule has 1 fully saturated rings. The van der Waals surface area contributed by atoms with Crippen molar-refractivity contribution in [1.29, 1.82) is 0 Å². The number of nitrogens with zero attached hydrogens (tertiary/aromatic N) is 1. The molecule has 0 spiro atoms. The van der Waals surface area contributed by atoms with E-state index in [0.717, 1.165) is 22.3 Å². The van der Waals surface area contributed by atoms with Gasteiger partial charge in [0, 0.05) is 12.0 Å². The lowest BCUT2D eigenvalue weighted by atomic mass is 9.98. The first-order valence-electron chi connectivity index (χ1n) is 12.1. The van der Waals surface area contributed by atoms with Gasteiger partial charge in [0.1, 0.15) is 12.6 Å². The lowest BCUT2D eigenvalue weighted by Crippen LogP contribution is -2.50.